The topological polar surface area (TPSA) is 11.4 Å². The number of anilines is 1. The number of aryl methyl sites for hydroxylation is 1. The molecule has 2 heterocycles. The molecule has 0 N–H and O–H groups in total. The molecule has 1 aliphatic rings. The van der Waals surface area contributed by atoms with Crippen molar-refractivity contribution in [3.05, 3.63) is 102 Å². The molecule has 1 saturated heterocycles. The van der Waals surface area contributed by atoms with Crippen molar-refractivity contribution >= 4 is 16.6 Å². The van der Waals surface area contributed by atoms with E-state index >= 15 is 0 Å². The second-order valence-corrected chi connectivity index (χ2v) is 8.43. The highest BCUT2D eigenvalue weighted by Gasteiger charge is 2.21. The molecule has 152 valence electrons. The van der Waals surface area contributed by atoms with E-state index in [9.17, 15) is 0 Å². The largest absolute Gasteiger partial charge is 0.369 e. The van der Waals surface area contributed by atoms with Crippen LogP contribution >= 0.6 is 0 Å². The normalized spacial score (nSPS) is 15.2. The predicted octanol–water partition coefficient (Wildman–Crippen LogP) is 5.34. The molecule has 0 amide bonds. The summed E-state index contributed by atoms with van der Waals surface area (Å²) in [5.74, 6) is 0. The van der Waals surface area contributed by atoms with E-state index in [1.165, 1.54) is 33.3 Å². The third-order valence-corrected chi connectivity index (χ3v) is 6.39. The van der Waals surface area contributed by atoms with Gasteiger partial charge >= 0.3 is 0 Å². The van der Waals surface area contributed by atoms with Gasteiger partial charge in [0, 0.05) is 43.4 Å². The second-order valence-electron chi connectivity index (χ2n) is 8.43. The summed E-state index contributed by atoms with van der Waals surface area (Å²) in [5, 5.41) is 1.31. The van der Waals surface area contributed by atoms with Crippen molar-refractivity contribution in [3.63, 3.8) is 0 Å². The highest BCUT2D eigenvalue weighted by atomic mass is 15.2. The van der Waals surface area contributed by atoms with Gasteiger partial charge in [0.05, 0.1) is 11.6 Å². The number of nitrogens with zero attached hydrogens (tertiary/aromatic N) is 3. The van der Waals surface area contributed by atoms with Crippen molar-refractivity contribution in [1.82, 2.24) is 9.47 Å². The Hall–Kier alpha value is -3.04. The summed E-state index contributed by atoms with van der Waals surface area (Å²) < 4.78 is 2.44. The summed E-state index contributed by atoms with van der Waals surface area (Å²) in [4.78, 5) is 4.96. The van der Waals surface area contributed by atoms with Crippen LogP contribution in [0, 0.1) is 6.92 Å². The van der Waals surface area contributed by atoms with Crippen molar-refractivity contribution in [1.29, 1.82) is 0 Å². The average molecular weight is 396 g/mol. The van der Waals surface area contributed by atoms with E-state index in [-0.39, 0.29) is 6.04 Å². The van der Waals surface area contributed by atoms with E-state index in [2.05, 4.69) is 113 Å². The van der Waals surface area contributed by atoms with Crippen molar-refractivity contribution in [2.75, 3.05) is 38.1 Å². The third-order valence-electron chi connectivity index (χ3n) is 6.39. The zero-order valence-corrected chi connectivity index (χ0v) is 17.8. The lowest BCUT2D eigenvalue weighted by atomic mass is 9.98. The Morgan fingerprint density at radius 1 is 0.733 bits per heavy atom. The number of likely N-dealkylation sites (N-methyl/N-ethyl adjacent to an activating group) is 1. The summed E-state index contributed by atoms with van der Waals surface area (Å²) >= 11 is 0. The third kappa shape index (κ3) is 3.50. The average Bonchev–Trinajstić information content (AvgIpc) is 3.18. The van der Waals surface area contributed by atoms with Crippen LogP contribution in [-0.4, -0.2) is 42.7 Å². The fourth-order valence-electron chi connectivity index (χ4n) is 4.70. The van der Waals surface area contributed by atoms with E-state index in [4.69, 9.17) is 0 Å². The predicted molar refractivity (Wildman–Crippen MR) is 127 cm³/mol. The van der Waals surface area contributed by atoms with Gasteiger partial charge in [-0.3, -0.25) is 0 Å². The Balaban J connectivity index is 1.64. The van der Waals surface area contributed by atoms with Crippen molar-refractivity contribution < 1.29 is 0 Å². The molecule has 3 aromatic carbocycles. The van der Waals surface area contributed by atoms with Crippen LogP contribution in [0.2, 0.25) is 0 Å². The van der Waals surface area contributed by atoms with Crippen molar-refractivity contribution in [3.8, 4) is 0 Å². The van der Waals surface area contributed by atoms with Gasteiger partial charge in [-0.25, -0.2) is 0 Å². The van der Waals surface area contributed by atoms with Gasteiger partial charge in [0.2, 0.25) is 0 Å². The molecule has 0 atom stereocenters. The standard InChI is InChI=1S/C27H29N3/c1-21-19-24-13-14-30(26(24)20-25(21)29-17-15-28(2)16-18-29)27(22-9-5-3-6-10-22)23-11-7-4-8-12-23/h3-14,19-20,27H,15-18H2,1-2H3. The van der Waals surface area contributed by atoms with Gasteiger partial charge in [0.25, 0.3) is 0 Å². The Labute approximate surface area is 179 Å². The molecule has 1 fully saturated rings. The first-order valence-corrected chi connectivity index (χ1v) is 10.9. The van der Waals surface area contributed by atoms with Gasteiger partial charge in [0.1, 0.15) is 0 Å². The number of benzene rings is 3. The van der Waals surface area contributed by atoms with E-state index in [1.807, 2.05) is 0 Å². The zero-order chi connectivity index (χ0) is 20.5. The fraction of sp³-hybridized carbons (Fsp3) is 0.259. The van der Waals surface area contributed by atoms with Crippen LogP contribution in [-0.2, 0) is 0 Å². The van der Waals surface area contributed by atoms with Crippen LogP contribution in [0.4, 0.5) is 5.69 Å². The number of rotatable bonds is 4. The van der Waals surface area contributed by atoms with E-state index in [0.717, 1.165) is 26.2 Å². The minimum atomic E-state index is 0.160. The lowest BCUT2D eigenvalue weighted by molar-refractivity contribution is 0.312. The molecule has 0 radical (unpaired) electrons. The molecule has 0 unspecified atom stereocenters. The maximum atomic E-state index is 2.55. The molecule has 1 aliphatic heterocycles. The van der Waals surface area contributed by atoms with Gasteiger partial charge in [-0.05, 0) is 48.9 Å². The van der Waals surface area contributed by atoms with E-state index < -0.39 is 0 Å². The van der Waals surface area contributed by atoms with E-state index in [0.29, 0.717) is 0 Å². The first-order chi connectivity index (χ1) is 14.7. The van der Waals surface area contributed by atoms with Crippen LogP contribution in [0.5, 0.6) is 0 Å². The SMILES string of the molecule is Cc1cc2ccn(C(c3ccccc3)c3ccccc3)c2cc1N1CCN(C)CC1. The first kappa shape index (κ1) is 19.0. The molecule has 0 bridgehead atoms. The number of piperazine rings is 1. The summed E-state index contributed by atoms with van der Waals surface area (Å²) in [6.45, 7) is 6.66. The molecule has 1 aromatic heterocycles. The highest BCUT2D eigenvalue weighted by Crippen LogP contribution is 2.34. The minimum absolute atomic E-state index is 0.160. The maximum absolute atomic E-state index is 2.55. The Morgan fingerprint density at radius 2 is 1.33 bits per heavy atom. The van der Waals surface area contributed by atoms with Crippen LogP contribution in [0.3, 0.4) is 0 Å². The van der Waals surface area contributed by atoms with Crippen molar-refractivity contribution in [2.45, 2.75) is 13.0 Å². The number of hydrogen-bond donors (Lipinski definition) is 0. The van der Waals surface area contributed by atoms with Gasteiger partial charge < -0.3 is 14.4 Å². The molecule has 0 aliphatic carbocycles. The summed E-state index contributed by atoms with van der Waals surface area (Å²) in [7, 11) is 2.21. The zero-order valence-electron chi connectivity index (χ0n) is 17.8. The molecular weight excluding hydrogens is 366 g/mol. The van der Waals surface area contributed by atoms with Gasteiger partial charge in [-0.15, -0.1) is 0 Å². The lowest BCUT2D eigenvalue weighted by Gasteiger charge is -2.35. The molecule has 3 nitrogen and oxygen atoms in total. The molecule has 0 spiro atoms. The summed E-state index contributed by atoms with van der Waals surface area (Å²) in [6, 6.07) is 28.9. The smallest absolute Gasteiger partial charge is 0.0839 e. The quantitative estimate of drug-likeness (QED) is 0.462. The Kier molecular flexibility index (Phi) is 5.06. The molecule has 30 heavy (non-hydrogen) atoms. The minimum Gasteiger partial charge on any atom is -0.369 e. The number of aromatic nitrogens is 1. The summed E-state index contributed by atoms with van der Waals surface area (Å²) in [5.41, 5.74) is 6.65. The molecule has 3 heteroatoms. The fourth-order valence-corrected chi connectivity index (χ4v) is 4.70. The number of hydrogen-bond acceptors (Lipinski definition) is 2. The van der Waals surface area contributed by atoms with Gasteiger partial charge in [-0.1, -0.05) is 60.7 Å². The first-order valence-electron chi connectivity index (χ1n) is 10.9. The van der Waals surface area contributed by atoms with Crippen LogP contribution in [0.1, 0.15) is 22.7 Å². The maximum Gasteiger partial charge on any atom is 0.0839 e. The second kappa shape index (κ2) is 8.00. The lowest BCUT2D eigenvalue weighted by Crippen LogP contribution is -2.44. The monoisotopic (exact) mass is 395 g/mol. The van der Waals surface area contributed by atoms with Crippen LogP contribution < -0.4 is 4.90 Å². The Morgan fingerprint density at radius 3 is 1.93 bits per heavy atom. The van der Waals surface area contributed by atoms with Crippen LogP contribution in [0.25, 0.3) is 10.9 Å². The van der Waals surface area contributed by atoms with E-state index in [1.54, 1.807) is 0 Å². The van der Waals surface area contributed by atoms with Crippen LogP contribution in [0.15, 0.2) is 85.1 Å². The molecule has 5 rings (SSSR count). The summed E-state index contributed by atoms with van der Waals surface area (Å²) in [6.07, 6.45) is 2.25. The van der Waals surface area contributed by atoms with Crippen molar-refractivity contribution in [2.24, 2.45) is 0 Å². The van der Waals surface area contributed by atoms with Gasteiger partial charge in [-0.2, -0.15) is 0 Å². The van der Waals surface area contributed by atoms with Gasteiger partial charge in [0.15, 0.2) is 0 Å². The number of fused-ring (bicyclic) bond motifs is 1. The highest BCUT2D eigenvalue weighted by molar-refractivity contribution is 5.86. The molecule has 4 aromatic rings. The molecular formula is C27H29N3. The Bertz CT molecular complexity index is 1080. The molecule has 0 saturated carbocycles.